The van der Waals surface area contributed by atoms with E-state index in [1.54, 1.807) is 0 Å². The third-order valence-electron chi connectivity index (χ3n) is 3.72. The first-order chi connectivity index (χ1) is 9.33. The molecule has 1 N–H and O–H groups in total. The Morgan fingerprint density at radius 2 is 1.84 bits per heavy atom. The van der Waals surface area contributed by atoms with Crippen LogP contribution in [0.15, 0.2) is 30.7 Å². The van der Waals surface area contributed by atoms with Gasteiger partial charge in [-0.05, 0) is 50.0 Å². The van der Waals surface area contributed by atoms with Crippen LogP contribution in [0.1, 0.15) is 30.9 Å². The molecule has 19 heavy (non-hydrogen) atoms. The van der Waals surface area contributed by atoms with Gasteiger partial charge in [0.05, 0.1) is 6.10 Å². The summed E-state index contributed by atoms with van der Waals surface area (Å²) in [5.74, 6) is 1.36. The van der Waals surface area contributed by atoms with Gasteiger partial charge >= 0.3 is 0 Å². The van der Waals surface area contributed by atoms with E-state index in [0.29, 0.717) is 11.5 Å². The minimum Gasteiger partial charge on any atom is -0.458 e. The van der Waals surface area contributed by atoms with Crippen LogP contribution in [0.5, 0.6) is 11.5 Å². The summed E-state index contributed by atoms with van der Waals surface area (Å²) in [5, 5.41) is 10.2. The lowest BCUT2D eigenvalue weighted by atomic mass is 10.1. The first-order valence-electron chi connectivity index (χ1n) is 6.85. The number of fused-ring (bicyclic) bond motifs is 1. The van der Waals surface area contributed by atoms with E-state index in [4.69, 9.17) is 9.47 Å². The predicted molar refractivity (Wildman–Crippen MR) is 72.1 cm³/mol. The molecule has 102 valence electrons. The average Bonchev–Trinajstić information content (AvgIpc) is 2.97. The maximum atomic E-state index is 10.2. The van der Waals surface area contributed by atoms with Crippen LogP contribution in [-0.4, -0.2) is 29.6 Å². The Bertz CT molecular complexity index is 466. The lowest BCUT2D eigenvalue weighted by Crippen LogP contribution is -2.22. The molecule has 2 aliphatic heterocycles. The minimum atomic E-state index is -0.444. The zero-order chi connectivity index (χ0) is 13.1. The summed E-state index contributed by atoms with van der Waals surface area (Å²) in [6.45, 7) is 3.28. The van der Waals surface area contributed by atoms with Gasteiger partial charge in [-0.3, -0.25) is 0 Å². The molecular formula is C15H19NO3. The van der Waals surface area contributed by atoms with Gasteiger partial charge in [0.1, 0.15) is 12.5 Å². The average molecular weight is 261 g/mol. The van der Waals surface area contributed by atoms with Crippen LogP contribution in [0.3, 0.4) is 0 Å². The molecule has 0 bridgehead atoms. The molecule has 4 heteroatoms. The lowest BCUT2D eigenvalue weighted by Gasteiger charge is -2.19. The van der Waals surface area contributed by atoms with Crippen LogP contribution in [0.4, 0.5) is 0 Å². The number of aliphatic hydroxyl groups is 1. The largest absolute Gasteiger partial charge is 0.458 e. The Kier molecular flexibility index (Phi) is 3.71. The first-order valence-corrected chi connectivity index (χ1v) is 6.85. The van der Waals surface area contributed by atoms with Gasteiger partial charge in [0.2, 0.25) is 0 Å². The Labute approximate surface area is 113 Å². The molecule has 2 heterocycles. The van der Waals surface area contributed by atoms with Gasteiger partial charge in [-0.2, -0.15) is 0 Å². The van der Waals surface area contributed by atoms with Gasteiger partial charge in [0.15, 0.2) is 11.5 Å². The molecule has 2 aliphatic rings. The smallest absolute Gasteiger partial charge is 0.169 e. The molecule has 3 rings (SSSR count). The van der Waals surface area contributed by atoms with Crippen molar-refractivity contribution in [2.75, 3.05) is 19.6 Å². The fourth-order valence-corrected chi connectivity index (χ4v) is 2.60. The van der Waals surface area contributed by atoms with E-state index in [-0.39, 0.29) is 0 Å². The van der Waals surface area contributed by atoms with Crippen molar-refractivity contribution in [2.24, 2.45) is 0 Å². The number of ether oxygens (including phenoxy) is 2. The Balaban J connectivity index is 1.61. The third kappa shape index (κ3) is 2.91. The van der Waals surface area contributed by atoms with E-state index in [1.165, 1.54) is 38.5 Å². The molecular weight excluding hydrogens is 242 g/mol. The molecule has 1 aromatic carbocycles. The molecule has 0 aliphatic carbocycles. The molecule has 0 saturated carbocycles. The molecule has 1 fully saturated rings. The third-order valence-corrected chi connectivity index (χ3v) is 3.72. The van der Waals surface area contributed by atoms with E-state index in [9.17, 15) is 5.11 Å². The molecule has 0 radical (unpaired) electrons. The van der Waals surface area contributed by atoms with Gasteiger partial charge in [-0.25, -0.2) is 0 Å². The molecule has 0 amide bonds. The van der Waals surface area contributed by atoms with Crippen molar-refractivity contribution in [3.05, 3.63) is 36.3 Å². The fraction of sp³-hybridized carbons (Fsp3) is 0.467. The van der Waals surface area contributed by atoms with Crippen LogP contribution in [-0.2, 0) is 0 Å². The highest BCUT2D eigenvalue weighted by Gasteiger charge is 2.16. The summed E-state index contributed by atoms with van der Waals surface area (Å²) in [7, 11) is 0. The van der Waals surface area contributed by atoms with E-state index >= 15 is 0 Å². The standard InChI is InChI=1S/C15H19NO3/c17-13(5-8-16-6-1-2-7-16)12-3-4-14-15(11-12)19-10-9-18-14/h3-4,9-11,13,17H,1-2,5-8H2/t13-/m0/s1. The number of hydrogen-bond donors (Lipinski definition) is 1. The molecule has 0 unspecified atom stereocenters. The number of aliphatic hydroxyl groups excluding tert-OH is 1. The lowest BCUT2D eigenvalue weighted by molar-refractivity contribution is 0.148. The van der Waals surface area contributed by atoms with E-state index in [1.807, 2.05) is 18.2 Å². The van der Waals surface area contributed by atoms with Gasteiger partial charge < -0.3 is 19.5 Å². The first kappa shape index (κ1) is 12.5. The summed E-state index contributed by atoms with van der Waals surface area (Å²) in [6, 6.07) is 5.59. The normalized spacial score (nSPS) is 19.6. The zero-order valence-corrected chi connectivity index (χ0v) is 10.9. The topological polar surface area (TPSA) is 41.9 Å². The van der Waals surface area contributed by atoms with E-state index in [2.05, 4.69) is 4.90 Å². The minimum absolute atomic E-state index is 0.444. The number of benzene rings is 1. The van der Waals surface area contributed by atoms with Crippen molar-refractivity contribution < 1.29 is 14.6 Å². The number of rotatable bonds is 4. The van der Waals surface area contributed by atoms with Crippen molar-refractivity contribution in [2.45, 2.75) is 25.4 Å². The van der Waals surface area contributed by atoms with Crippen LogP contribution < -0.4 is 9.47 Å². The monoisotopic (exact) mass is 261 g/mol. The van der Waals surface area contributed by atoms with Crippen molar-refractivity contribution in [1.82, 2.24) is 4.90 Å². The molecule has 1 saturated heterocycles. The molecule has 0 aromatic heterocycles. The van der Waals surface area contributed by atoms with Crippen molar-refractivity contribution in [1.29, 1.82) is 0 Å². The van der Waals surface area contributed by atoms with E-state index in [0.717, 1.165) is 18.5 Å². The Morgan fingerprint density at radius 1 is 1.11 bits per heavy atom. The summed E-state index contributed by atoms with van der Waals surface area (Å²) >= 11 is 0. The highest BCUT2D eigenvalue weighted by molar-refractivity contribution is 5.45. The van der Waals surface area contributed by atoms with Crippen LogP contribution in [0.2, 0.25) is 0 Å². The molecule has 4 nitrogen and oxygen atoms in total. The van der Waals surface area contributed by atoms with Crippen LogP contribution in [0.25, 0.3) is 0 Å². The second kappa shape index (κ2) is 5.63. The van der Waals surface area contributed by atoms with Crippen molar-refractivity contribution in [3.8, 4) is 11.5 Å². The number of hydrogen-bond acceptors (Lipinski definition) is 4. The zero-order valence-electron chi connectivity index (χ0n) is 10.9. The summed E-state index contributed by atoms with van der Waals surface area (Å²) in [5.41, 5.74) is 0.886. The Hall–Kier alpha value is -1.52. The fourth-order valence-electron chi connectivity index (χ4n) is 2.60. The quantitative estimate of drug-likeness (QED) is 0.904. The highest BCUT2D eigenvalue weighted by Crippen LogP contribution is 2.33. The predicted octanol–water partition coefficient (Wildman–Crippen LogP) is 2.45. The van der Waals surface area contributed by atoms with Crippen molar-refractivity contribution in [3.63, 3.8) is 0 Å². The summed E-state index contributed by atoms with van der Waals surface area (Å²) in [4.78, 5) is 2.41. The highest BCUT2D eigenvalue weighted by atomic mass is 16.5. The molecule has 0 spiro atoms. The Morgan fingerprint density at radius 3 is 2.63 bits per heavy atom. The molecule has 1 atom stereocenters. The number of likely N-dealkylation sites (tertiary alicyclic amines) is 1. The second-order valence-corrected chi connectivity index (χ2v) is 5.07. The second-order valence-electron chi connectivity index (χ2n) is 5.07. The van der Waals surface area contributed by atoms with Crippen LogP contribution in [0, 0.1) is 0 Å². The maximum absolute atomic E-state index is 10.2. The SMILES string of the molecule is O[C@@H](CCN1CCCC1)c1ccc2c(c1)OC=CO2. The van der Waals surface area contributed by atoms with Gasteiger partial charge in [0.25, 0.3) is 0 Å². The summed E-state index contributed by atoms with van der Waals surface area (Å²) in [6.07, 6.45) is 5.89. The van der Waals surface area contributed by atoms with Gasteiger partial charge in [0, 0.05) is 6.54 Å². The summed E-state index contributed by atoms with van der Waals surface area (Å²) < 4.78 is 10.7. The van der Waals surface area contributed by atoms with Crippen LogP contribution >= 0.6 is 0 Å². The number of nitrogens with zero attached hydrogens (tertiary/aromatic N) is 1. The van der Waals surface area contributed by atoms with Gasteiger partial charge in [-0.1, -0.05) is 6.07 Å². The van der Waals surface area contributed by atoms with Gasteiger partial charge in [-0.15, -0.1) is 0 Å². The van der Waals surface area contributed by atoms with Crippen molar-refractivity contribution >= 4 is 0 Å². The van der Waals surface area contributed by atoms with E-state index < -0.39 is 6.10 Å². The maximum Gasteiger partial charge on any atom is 0.169 e. The molecule has 1 aromatic rings.